The van der Waals surface area contributed by atoms with Gasteiger partial charge in [-0.3, -0.25) is 0 Å². The molecule has 0 N–H and O–H groups in total. The van der Waals surface area contributed by atoms with Crippen LogP contribution in [0.15, 0.2) is 10.6 Å². The molecular weight excluding hydrogens is 200 g/mol. The number of rotatable bonds is 4. The molecule has 0 aromatic rings. The predicted octanol–water partition coefficient (Wildman–Crippen LogP) is 0.963. The summed E-state index contributed by atoms with van der Waals surface area (Å²) in [6.07, 6.45) is 1.85. The predicted molar refractivity (Wildman–Crippen MR) is 54.4 cm³/mol. The van der Waals surface area contributed by atoms with Gasteiger partial charge in [0, 0.05) is 13.1 Å². The van der Waals surface area contributed by atoms with Crippen LogP contribution in [-0.4, -0.2) is 36.8 Å². The van der Waals surface area contributed by atoms with E-state index in [4.69, 9.17) is 10.00 Å². The van der Waals surface area contributed by atoms with E-state index in [0.29, 0.717) is 6.61 Å². The molecule has 0 amide bonds. The van der Waals surface area contributed by atoms with Crippen molar-refractivity contribution in [2.75, 3.05) is 26.0 Å². The maximum atomic E-state index is 11.4. The van der Waals surface area contributed by atoms with E-state index in [9.17, 15) is 4.79 Å². The molecule has 0 spiro atoms. The molecule has 0 aromatic carbocycles. The zero-order valence-electron chi connectivity index (χ0n) is 8.24. The van der Waals surface area contributed by atoms with Gasteiger partial charge in [-0.2, -0.15) is 5.26 Å². The Morgan fingerprint density at radius 1 is 1.64 bits per heavy atom. The smallest absolute Gasteiger partial charge is 0.351 e. The fraction of sp³-hybridized carbons (Fsp3) is 0.556. The Bertz CT molecular complexity index is 302. The van der Waals surface area contributed by atoms with Crippen molar-refractivity contribution in [1.29, 1.82) is 5.26 Å². The van der Waals surface area contributed by atoms with Crippen LogP contribution in [0.3, 0.4) is 0 Å². The zero-order valence-corrected chi connectivity index (χ0v) is 9.06. The fourth-order valence-corrected chi connectivity index (χ4v) is 1.80. The van der Waals surface area contributed by atoms with Crippen LogP contribution in [0.4, 0.5) is 0 Å². The number of esters is 1. The Morgan fingerprint density at radius 2 is 2.29 bits per heavy atom. The molecule has 1 aliphatic heterocycles. The summed E-state index contributed by atoms with van der Waals surface area (Å²) in [5.41, 5.74) is 0.122. The van der Waals surface area contributed by atoms with Gasteiger partial charge in [-0.25, -0.2) is 4.79 Å². The summed E-state index contributed by atoms with van der Waals surface area (Å²) in [5, 5.41) is 9.58. The van der Waals surface area contributed by atoms with Gasteiger partial charge in [-0.1, -0.05) is 0 Å². The topological polar surface area (TPSA) is 53.1 Å². The SMILES string of the molecule is CCOC(=O)/C(C#N)=C(/SC)N1CC1. The van der Waals surface area contributed by atoms with Gasteiger partial charge in [0.1, 0.15) is 6.07 Å². The van der Waals surface area contributed by atoms with Crippen LogP contribution >= 0.6 is 11.8 Å². The number of carbonyl (C=O) groups excluding carboxylic acids is 1. The molecule has 76 valence electrons. The average molecular weight is 212 g/mol. The number of nitriles is 1. The molecule has 5 heteroatoms. The zero-order chi connectivity index (χ0) is 10.6. The van der Waals surface area contributed by atoms with Gasteiger partial charge in [-0.05, 0) is 13.2 Å². The average Bonchev–Trinajstić information content (AvgIpc) is 2.97. The highest BCUT2D eigenvalue weighted by molar-refractivity contribution is 8.02. The second-order valence-electron chi connectivity index (χ2n) is 2.70. The minimum atomic E-state index is -0.522. The van der Waals surface area contributed by atoms with Gasteiger partial charge in [-0.15, -0.1) is 11.8 Å². The van der Waals surface area contributed by atoms with E-state index < -0.39 is 5.97 Å². The molecule has 1 fully saturated rings. The van der Waals surface area contributed by atoms with Gasteiger partial charge >= 0.3 is 5.97 Å². The molecule has 1 rings (SSSR count). The third-order valence-corrected chi connectivity index (χ3v) is 2.58. The van der Waals surface area contributed by atoms with Crippen LogP contribution in [0.2, 0.25) is 0 Å². The molecule has 0 bridgehead atoms. The van der Waals surface area contributed by atoms with Crippen LogP contribution in [0, 0.1) is 11.3 Å². The Balaban J connectivity index is 2.86. The van der Waals surface area contributed by atoms with Crippen molar-refractivity contribution in [3.05, 3.63) is 10.6 Å². The highest BCUT2D eigenvalue weighted by atomic mass is 32.2. The van der Waals surface area contributed by atoms with Crippen molar-refractivity contribution in [2.45, 2.75) is 6.92 Å². The Hall–Kier alpha value is -1.15. The Kier molecular flexibility index (Phi) is 3.84. The number of hydrogen-bond donors (Lipinski definition) is 0. The first kappa shape index (κ1) is 10.9. The quantitative estimate of drug-likeness (QED) is 0.301. The molecule has 0 saturated carbocycles. The summed E-state index contributed by atoms with van der Waals surface area (Å²) in [6, 6.07) is 1.90. The first-order chi connectivity index (χ1) is 6.74. The molecule has 14 heavy (non-hydrogen) atoms. The molecule has 1 aliphatic rings. The van der Waals surface area contributed by atoms with Crippen molar-refractivity contribution in [2.24, 2.45) is 0 Å². The van der Waals surface area contributed by atoms with Crippen molar-refractivity contribution in [3.63, 3.8) is 0 Å². The van der Waals surface area contributed by atoms with E-state index >= 15 is 0 Å². The van der Waals surface area contributed by atoms with E-state index in [1.165, 1.54) is 11.8 Å². The molecule has 0 aromatic heterocycles. The molecule has 4 nitrogen and oxygen atoms in total. The summed E-state index contributed by atoms with van der Waals surface area (Å²) < 4.78 is 4.80. The standard InChI is InChI=1S/C9H12N2O2S/c1-3-13-9(12)7(6-10)8(14-2)11-4-5-11/h3-5H2,1-2H3/b8-7+. The Labute approximate surface area is 87.5 Å². The fourth-order valence-electron chi connectivity index (χ4n) is 1.03. The molecular formula is C9H12N2O2S. The van der Waals surface area contributed by atoms with Crippen molar-refractivity contribution in [1.82, 2.24) is 4.90 Å². The molecule has 0 radical (unpaired) electrons. The van der Waals surface area contributed by atoms with Gasteiger partial charge < -0.3 is 9.64 Å². The van der Waals surface area contributed by atoms with Crippen LogP contribution < -0.4 is 0 Å². The van der Waals surface area contributed by atoms with E-state index in [1.807, 2.05) is 17.2 Å². The summed E-state index contributed by atoms with van der Waals surface area (Å²) in [5.74, 6) is -0.522. The van der Waals surface area contributed by atoms with E-state index in [2.05, 4.69) is 0 Å². The maximum Gasteiger partial charge on any atom is 0.351 e. The highest BCUT2D eigenvalue weighted by Crippen LogP contribution is 2.27. The highest BCUT2D eigenvalue weighted by Gasteiger charge is 2.27. The second-order valence-corrected chi connectivity index (χ2v) is 3.50. The van der Waals surface area contributed by atoms with E-state index in [0.717, 1.165) is 18.1 Å². The van der Waals surface area contributed by atoms with Gasteiger partial charge in [0.15, 0.2) is 5.57 Å². The lowest BCUT2D eigenvalue weighted by Gasteiger charge is -2.07. The lowest BCUT2D eigenvalue weighted by atomic mass is 10.3. The second kappa shape index (κ2) is 4.91. The van der Waals surface area contributed by atoms with Gasteiger partial charge in [0.2, 0.25) is 0 Å². The maximum absolute atomic E-state index is 11.4. The van der Waals surface area contributed by atoms with Crippen LogP contribution in [0.5, 0.6) is 0 Å². The number of ether oxygens (including phenoxy) is 1. The number of hydrogen-bond acceptors (Lipinski definition) is 5. The molecule has 1 heterocycles. The Morgan fingerprint density at radius 3 is 2.64 bits per heavy atom. The van der Waals surface area contributed by atoms with Crippen molar-refractivity contribution in [3.8, 4) is 6.07 Å². The summed E-state index contributed by atoms with van der Waals surface area (Å²) >= 11 is 1.41. The first-order valence-corrected chi connectivity index (χ1v) is 5.57. The summed E-state index contributed by atoms with van der Waals surface area (Å²) in [7, 11) is 0. The lowest BCUT2D eigenvalue weighted by Crippen LogP contribution is -2.11. The summed E-state index contributed by atoms with van der Waals surface area (Å²) in [6.45, 7) is 3.86. The van der Waals surface area contributed by atoms with Crippen LogP contribution in [-0.2, 0) is 9.53 Å². The van der Waals surface area contributed by atoms with Crippen molar-refractivity contribution >= 4 is 17.7 Å². The largest absolute Gasteiger partial charge is 0.462 e. The normalized spacial score (nSPS) is 15.6. The van der Waals surface area contributed by atoms with E-state index in [-0.39, 0.29) is 5.57 Å². The molecule has 0 aliphatic carbocycles. The van der Waals surface area contributed by atoms with Gasteiger partial charge in [0.05, 0.1) is 11.6 Å². The minimum absolute atomic E-state index is 0.122. The number of carbonyl (C=O) groups is 1. The number of thioether (sulfide) groups is 1. The van der Waals surface area contributed by atoms with Crippen LogP contribution in [0.1, 0.15) is 6.92 Å². The minimum Gasteiger partial charge on any atom is -0.462 e. The molecule has 0 atom stereocenters. The third kappa shape index (κ3) is 2.42. The third-order valence-electron chi connectivity index (χ3n) is 1.73. The first-order valence-electron chi connectivity index (χ1n) is 4.35. The monoisotopic (exact) mass is 212 g/mol. The van der Waals surface area contributed by atoms with E-state index in [1.54, 1.807) is 6.92 Å². The molecule has 1 saturated heterocycles. The van der Waals surface area contributed by atoms with Crippen LogP contribution in [0.25, 0.3) is 0 Å². The summed E-state index contributed by atoms with van der Waals surface area (Å²) in [4.78, 5) is 13.3. The van der Waals surface area contributed by atoms with Crippen molar-refractivity contribution < 1.29 is 9.53 Å². The molecule has 0 unspecified atom stereocenters. The number of nitrogens with zero attached hydrogens (tertiary/aromatic N) is 2. The lowest BCUT2D eigenvalue weighted by molar-refractivity contribution is -0.138. The van der Waals surface area contributed by atoms with Gasteiger partial charge in [0.25, 0.3) is 0 Å².